The van der Waals surface area contributed by atoms with Gasteiger partial charge in [-0.25, -0.2) is 0 Å². The molecule has 4 saturated heterocycles. The first-order valence-electron chi connectivity index (χ1n) is 7.80. The molecule has 1 spiro atoms. The van der Waals surface area contributed by atoms with Gasteiger partial charge in [0.05, 0.1) is 25.2 Å². The van der Waals surface area contributed by atoms with Crippen LogP contribution < -0.4 is 16.0 Å². The van der Waals surface area contributed by atoms with Gasteiger partial charge >= 0.3 is 0 Å². The van der Waals surface area contributed by atoms with Gasteiger partial charge in [0.2, 0.25) is 11.8 Å². The first-order valence-corrected chi connectivity index (χ1v) is 7.80. The highest BCUT2D eigenvalue weighted by atomic mass is 16.3. The average molecular weight is 337 g/mol. The molecular weight excluding hydrogens is 318 g/mol. The minimum atomic E-state index is -1.25. The Morgan fingerprint density at radius 2 is 1.83 bits per heavy atom. The highest BCUT2D eigenvalue weighted by molar-refractivity contribution is 6.02. The van der Waals surface area contributed by atoms with Crippen LogP contribution >= 0.6 is 0 Å². The van der Waals surface area contributed by atoms with Crippen LogP contribution in [-0.2, 0) is 9.59 Å². The first kappa shape index (κ1) is 15.1. The van der Waals surface area contributed by atoms with E-state index in [4.69, 9.17) is 10.8 Å². The number of aliphatic hydroxyl groups excluding tert-OH is 2. The van der Waals surface area contributed by atoms with E-state index in [1.165, 1.54) is 4.90 Å². The normalized spacial score (nSPS) is 41.1. The highest BCUT2D eigenvalue weighted by Gasteiger charge is 2.66. The predicted molar refractivity (Wildman–Crippen MR) is 79.8 cm³/mol. The van der Waals surface area contributed by atoms with Crippen LogP contribution in [0.1, 0.15) is 12.8 Å². The van der Waals surface area contributed by atoms with E-state index < -0.39 is 30.0 Å². The van der Waals surface area contributed by atoms with Crippen molar-refractivity contribution in [3.8, 4) is 0 Å². The molecule has 11 nitrogen and oxygen atoms in total. The van der Waals surface area contributed by atoms with E-state index in [1.807, 2.05) is 0 Å². The molecule has 4 rings (SSSR count). The quantitative estimate of drug-likeness (QED) is 0.253. The molecular formula is C13H19N7O4. The molecule has 130 valence electrons. The molecule has 4 fully saturated rings. The van der Waals surface area contributed by atoms with E-state index in [0.717, 1.165) is 4.90 Å². The fourth-order valence-corrected chi connectivity index (χ4v) is 4.16. The number of amides is 2. The summed E-state index contributed by atoms with van der Waals surface area (Å²) in [4.78, 5) is 26.4. The van der Waals surface area contributed by atoms with Crippen molar-refractivity contribution in [1.29, 1.82) is 10.8 Å². The van der Waals surface area contributed by atoms with Crippen molar-refractivity contribution in [2.75, 3.05) is 13.1 Å². The monoisotopic (exact) mass is 337 g/mol. The lowest BCUT2D eigenvalue weighted by atomic mass is 9.87. The number of likely N-dealkylation sites (tertiary alicyclic amines) is 1. The van der Waals surface area contributed by atoms with E-state index in [9.17, 15) is 19.8 Å². The topological polar surface area (TPSA) is 165 Å². The summed E-state index contributed by atoms with van der Waals surface area (Å²) < 4.78 is 0. The lowest BCUT2D eigenvalue weighted by Gasteiger charge is -2.49. The second-order valence-electron chi connectivity index (χ2n) is 6.57. The molecule has 0 aromatic rings. The SMILES string of the molecule is N=C1NC2C(CN3C(=O)CCC3=O)NC(=N)N3C[C@H](O)[C@@H](O)[C@]23N1. The number of carbonyl (C=O) groups is 2. The van der Waals surface area contributed by atoms with Crippen molar-refractivity contribution in [2.24, 2.45) is 0 Å². The van der Waals surface area contributed by atoms with Crippen molar-refractivity contribution < 1.29 is 19.8 Å². The minimum absolute atomic E-state index is 0.0325. The summed E-state index contributed by atoms with van der Waals surface area (Å²) in [5, 5.41) is 45.3. The summed E-state index contributed by atoms with van der Waals surface area (Å²) in [7, 11) is 0. The summed E-state index contributed by atoms with van der Waals surface area (Å²) >= 11 is 0. The largest absolute Gasteiger partial charge is 0.388 e. The molecule has 24 heavy (non-hydrogen) atoms. The van der Waals surface area contributed by atoms with Crippen LogP contribution in [0.4, 0.5) is 0 Å². The average Bonchev–Trinajstić information content (AvgIpc) is 3.12. The van der Waals surface area contributed by atoms with Crippen LogP contribution in [-0.4, -0.2) is 86.8 Å². The Morgan fingerprint density at radius 1 is 1.17 bits per heavy atom. The molecule has 4 aliphatic heterocycles. The van der Waals surface area contributed by atoms with E-state index in [1.54, 1.807) is 0 Å². The zero-order valence-electron chi connectivity index (χ0n) is 12.7. The standard InChI is InChI=1S/C13H19N7O4/c14-11-17-9-5(3-19-7(22)1-2-8(19)23)16-12(15)20-4-6(21)10(24)13(9,20)18-11/h5-6,9-10,21,24H,1-4H2,(H2,15,16)(H3,14,17,18)/t5?,6-,9?,10+,13-/m0/s1. The molecule has 4 heterocycles. The number of nitrogens with zero attached hydrogens (tertiary/aromatic N) is 2. The number of imide groups is 1. The fourth-order valence-electron chi connectivity index (χ4n) is 4.16. The van der Waals surface area contributed by atoms with Gasteiger partial charge in [-0.2, -0.15) is 0 Å². The maximum Gasteiger partial charge on any atom is 0.229 e. The Balaban J connectivity index is 1.68. The number of nitrogens with one attached hydrogen (secondary N) is 5. The van der Waals surface area contributed by atoms with Crippen molar-refractivity contribution in [3.05, 3.63) is 0 Å². The second-order valence-corrected chi connectivity index (χ2v) is 6.57. The first-order chi connectivity index (χ1) is 11.3. The molecule has 5 atom stereocenters. The Bertz CT molecular complexity index is 638. The number of rotatable bonds is 2. The molecule has 4 aliphatic rings. The lowest BCUT2D eigenvalue weighted by Crippen LogP contribution is -2.78. The molecule has 2 amide bonds. The maximum atomic E-state index is 11.9. The van der Waals surface area contributed by atoms with E-state index >= 15 is 0 Å². The molecule has 0 aromatic carbocycles. The van der Waals surface area contributed by atoms with Gasteiger partial charge < -0.3 is 31.1 Å². The number of guanidine groups is 2. The van der Waals surface area contributed by atoms with Crippen molar-refractivity contribution in [3.63, 3.8) is 0 Å². The third-order valence-electron chi connectivity index (χ3n) is 5.26. The Labute approximate surface area is 137 Å². The summed E-state index contributed by atoms with van der Waals surface area (Å²) in [6, 6.07) is -1.18. The van der Waals surface area contributed by atoms with Gasteiger partial charge in [-0.3, -0.25) is 25.3 Å². The Kier molecular flexibility index (Phi) is 3.03. The van der Waals surface area contributed by atoms with E-state index in [-0.39, 0.29) is 49.7 Å². The van der Waals surface area contributed by atoms with Crippen LogP contribution in [0.2, 0.25) is 0 Å². The highest BCUT2D eigenvalue weighted by Crippen LogP contribution is 2.37. The van der Waals surface area contributed by atoms with Gasteiger partial charge in [0.1, 0.15) is 12.2 Å². The van der Waals surface area contributed by atoms with Crippen molar-refractivity contribution in [1.82, 2.24) is 25.8 Å². The Hall–Kier alpha value is -2.40. The summed E-state index contributed by atoms with van der Waals surface area (Å²) in [6.45, 7) is 0.0742. The molecule has 11 heteroatoms. The molecule has 0 aliphatic carbocycles. The predicted octanol–water partition coefficient (Wildman–Crippen LogP) is -3.73. The van der Waals surface area contributed by atoms with Crippen molar-refractivity contribution >= 4 is 23.7 Å². The van der Waals surface area contributed by atoms with Crippen LogP contribution in [0.3, 0.4) is 0 Å². The molecule has 0 aromatic heterocycles. The summed E-state index contributed by atoms with van der Waals surface area (Å²) in [6.07, 6.45) is -1.96. The van der Waals surface area contributed by atoms with Crippen LogP contribution in [0.5, 0.6) is 0 Å². The molecule has 0 bridgehead atoms. The number of carbonyl (C=O) groups excluding carboxylic acids is 2. The smallest absolute Gasteiger partial charge is 0.229 e. The van der Waals surface area contributed by atoms with Gasteiger partial charge in [-0.05, 0) is 0 Å². The zero-order valence-corrected chi connectivity index (χ0v) is 12.7. The van der Waals surface area contributed by atoms with Gasteiger partial charge in [0.15, 0.2) is 17.6 Å². The fraction of sp³-hybridized carbons (Fsp3) is 0.692. The third kappa shape index (κ3) is 1.79. The lowest BCUT2D eigenvalue weighted by molar-refractivity contribution is -0.139. The summed E-state index contributed by atoms with van der Waals surface area (Å²) in [5.41, 5.74) is -1.25. The molecule has 7 N–H and O–H groups in total. The van der Waals surface area contributed by atoms with Gasteiger partial charge in [0, 0.05) is 12.8 Å². The molecule has 0 radical (unpaired) electrons. The van der Waals surface area contributed by atoms with Gasteiger partial charge in [0.25, 0.3) is 0 Å². The second kappa shape index (κ2) is 4.80. The number of hydrogen-bond acceptors (Lipinski definition) is 6. The van der Waals surface area contributed by atoms with E-state index in [2.05, 4.69) is 16.0 Å². The zero-order chi connectivity index (χ0) is 17.2. The number of aliphatic hydroxyl groups is 2. The Morgan fingerprint density at radius 3 is 2.50 bits per heavy atom. The van der Waals surface area contributed by atoms with Gasteiger partial charge in [-0.15, -0.1) is 0 Å². The summed E-state index contributed by atoms with van der Waals surface area (Å²) in [5.74, 6) is -0.607. The minimum Gasteiger partial charge on any atom is -0.388 e. The van der Waals surface area contributed by atoms with Crippen LogP contribution in [0.25, 0.3) is 0 Å². The third-order valence-corrected chi connectivity index (χ3v) is 5.26. The van der Waals surface area contributed by atoms with Crippen LogP contribution in [0.15, 0.2) is 0 Å². The van der Waals surface area contributed by atoms with Gasteiger partial charge in [-0.1, -0.05) is 0 Å². The van der Waals surface area contributed by atoms with Crippen molar-refractivity contribution in [2.45, 2.75) is 42.8 Å². The van der Waals surface area contributed by atoms with Crippen LogP contribution in [0, 0.1) is 10.8 Å². The van der Waals surface area contributed by atoms with E-state index in [0.29, 0.717) is 0 Å². The molecule has 2 unspecified atom stereocenters. The number of hydrogen-bond donors (Lipinski definition) is 7. The maximum absolute atomic E-state index is 11.9. The molecule has 0 saturated carbocycles.